The minimum absolute atomic E-state index is 0.00759. The quantitative estimate of drug-likeness (QED) is 0.645. The van der Waals surface area contributed by atoms with E-state index in [1.165, 1.54) is 6.20 Å². The number of carbonyl (C=O) groups is 2. The van der Waals surface area contributed by atoms with Crippen LogP contribution in [0.2, 0.25) is 0 Å². The van der Waals surface area contributed by atoms with Gasteiger partial charge in [-0.2, -0.15) is 0 Å². The topological polar surface area (TPSA) is 146 Å². The van der Waals surface area contributed by atoms with Crippen molar-refractivity contribution in [2.45, 2.75) is 24.8 Å². The van der Waals surface area contributed by atoms with Crippen LogP contribution in [0.3, 0.4) is 0 Å². The van der Waals surface area contributed by atoms with Crippen molar-refractivity contribution in [3.05, 3.63) is 17.7 Å². The third-order valence-electron chi connectivity index (χ3n) is 3.34. The summed E-state index contributed by atoms with van der Waals surface area (Å²) >= 11 is 0.961. The lowest BCUT2D eigenvalue weighted by Crippen LogP contribution is -2.52. The third-order valence-corrected chi connectivity index (χ3v) is 3.85. The van der Waals surface area contributed by atoms with Crippen LogP contribution in [-0.2, 0) is 5.54 Å². The van der Waals surface area contributed by atoms with Crippen LogP contribution in [0.25, 0.3) is 0 Å². The van der Waals surface area contributed by atoms with Gasteiger partial charge in [-0.15, -0.1) is 0 Å². The fraction of sp³-hybridized carbons (Fsp3) is 0.400. The first-order chi connectivity index (χ1) is 10.1. The normalized spacial score (nSPS) is 16.0. The summed E-state index contributed by atoms with van der Waals surface area (Å²) in [5.41, 5.74) is -0.678. The first kappa shape index (κ1) is 13.4. The summed E-state index contributed by atoms with van der Waals surface area (Å²) in [6.45, 7) is 0. The van der Waals surface area contributed by atoms with Gasteiger partial charge in [0.15, 0.2) is 0 Å². The third kappa shape index (κ3) is 2.54. The van der Waals surface area contributed by atoms with Gasteiger partial charge in [-0.05, 0) is 24.5 Å². The van der Waals surface area contributed by atoms with Gasteiger partial charge in [0.05, 0.1) is 11.7 Å². The Labute approximate surface area is 122 Å². The number of imidazole rings is 1. The monoisotopic (exact) mass is 309 g/mol. The first-order valence-electron chi connectivity index (χ1n) is 6.12. The van der Waals surface area contributed by atoms with Crippen molar-refractivity contribution in [2.75, 3.05) is 5.32 Å². The Balaban J connectivity index is 1.73. The second kappa shape index (κ2) is 5.09. The second-order valence-electron chi connectivity index (χ2n) is 4.63. The number of anilines is 1. The number of amides is 2. The van der Waals surface area contributed by atoms with Crippen molar-refractivity contribution < 1.29 is 14.7 Å². The number of nitrogens with one attached hydrogen (secondary N) is 3. The van der Waals surface area contributed by atoms with Crippen LogP contribution in [0.15, 0.2) is 6.20 Å². The largest absolute Gasteiger partial charge is 0.477 e. The molecule has 0 saturated heterocycles. The summed E-state index contributed by atoms with van der Waals surface area (Å²) < 4.78 is 3.54. The van der Waals surface area contributed by atoms with Crippen LogP contribution < -0.4 is 10.6 Å². The number of nitrogens with zero attached hydrogens (tertiary/aromatic N) is 4. The summed E-state index contributed by atoms with van der Waals surface area (Å²) in [5.74, 6) is -0.649. The zero-order valence-corrected chi connectivity index (χ0v) is 11.5. The number of urea groups is 1. The molecular weight excluding hydrogens is 298 g/mol. The lowest BCUT2D eigenvalue weighted by molar-refractivity contribution is 0.0690. The average Bonchev–Trinajstić information content (AvgIpc) is 3.04. The zero-order chi connectivity index (χ0) is 14.9. The van der Waals surface area contributed by atoms with E-state index in [0.717, 1.165) is 18.0 Å². The van der Waals surface area contributed by atoms with E-state index < -0.39 is 17.5 Å². The number of hydrogen-bond acceptors (Lipinski definition) is 7. The van der Waals surface area contributed by atoms with Gasteiger partial charge in [0, 0.05) is 11.5 Å². The standard InChI is InChI=1S/C10H11N7O3S/c18-6(19)5-4-11-7(12-5)10(2-1-3-10)14-8(20)13-9-15-16-17-21-9/h4H,1-3H2,(H,11,12)(H,18,19)(H2,13,14,15,17,20). The number of aromatic nitrogens is 5. The number of rotatable bonds is 4. The van der Waals surface area contributed by atoms with E-state index in [0.29, 0.717) is 18.7 Å². The molecule has 1 aliphatic carbocycles. The van der Waals surface area contributed by atoms with E-state index in [-0.39, 0.29) is 10.8 Å². The number of carbonyl (C=O) groups excluding carboxylic acids is 1. The summed E-state index contributed by atoms with van der Waals surface area (Å²) in [5, 5.41) is 21.5. The Morgan fingerprint density at radius 2 is 2.24 bits per heavy atom. The fourth-order valence-corrected chi connectivity index (χ4v) is 2.51. The fourth-order valence-electron chi connectivity index (χ4n) is 2.15. The maximum absolute atomic E-state index is 12.0. The molecule has 2 aromatic heterocycles. The van der Waals surface area contributed by atoms with Gasteiger partial charge in [0.2, 0.25) is 5.13 Å². The van der Waals surface area contributed by atoms with Crippen LogP contribution >= 0.6 is 11.5 Å². The molecule has 10 nitrogen and oxygen atoms in total. The Bertz CT molecular complexity index is 664. The molecule has 1 aliphatic rings. The highest BCUT2D eigenvalue weighted by atomic mass is 32.1. The van der Waals surface area contributed by atoms with Crippen LogP contribution in [0.4, 0.5) is 9.93 Å². The summed E-state index contributed by atoms with van der Waals surface area (Å²) in [6, 6.07) is -0.457. The lowest BCUT2D eigenvalue weighted by Gasteiger charge is -2.40. The van der Waals surface area contributed by atoms with Crippen molar-refractivity contribution in [1.29, 1.82) is 0 Å². The van der Waals surface area contributed by atoms with Gasteiger partial charge >= 0.3 is 12.0 Å². The zero-order valence-electron chi connectivity index (χ0n) is 10.7. The van der Waals surface area contributed by atoms with Gasteiger partial charge in [0.1, 0.15) is 11.5 Å². The van der Waals surface area contributed by atoms with Crippen molar-refractivity contribution in [3.8, 4) is 0 Å². The molecule has 21 heavy (non-hydrogen) atoms. The van der Waals surface area contributed by atoms with Crippen LogP contribution in [0, 0.1) is 0 Å². The van der Waals surface area contributed by atoms with Gasteiger partial charge < -0.3 is 15.4 Å². The molecule has 0 bridgehead atoms. The number of H-pyrrole nitrogens is 1. The van der Waals surface area contributed by atoms with E-state index in [1.807, 2.05) is 0 Å². The molecule has 110 valence electrons. The maximum atomic E-state index is 12.0. The maximum Gasteiger partial charge on any atom is 0.353 e. The molecule has 1 saturated carbocycles. The number of aromatic carboxylic acids is 1. The Kier molecular flexibility index (Phi) is 3.25. The molecule has 3 rings (SSSR count). The molecule has 0 aliphatic heterocycles. The molecule has 1 fully saturated rings. The Morgan fingerprint density at radius 3 is 2.76 bits per heavy atom. The molecule has 4 N–H and O–H groups in total. The molecule has 0 atom stereocenters. The minimum atomic E-state index is -1.09. The molecule has 2 aromatic rings. The van der Waals surface area contributed by atoms with Crippen LogP contribution in [-0.4, -0.2) is 41.9 Å². The smallest absolute Gasteiger partial charge is 0.353 e. The highest BCUT2D eigenvalue weighted by Gasteiger charge is 2.43. The SMILES string of the molecule is O=C(Nc1nnns1)NC1(c2ncc(C(=O)O)[nH]2)CCC1. The van der Waals surface area contributed by atoms with Crippen molar-refractivity contribution in [2.24, 2.45) is 0 Å². The van der Waals surface area contributed by atoms with Gasteiger partial charge in [0.25, 0.3) is 0 Å². The van der Waals surface area contributed by atoms with Crippen LogP contribution in [0.1, 0.15) is 35.6 Å². The first-order valence-corrected chi connectivity index (χ1v) is 6.89. The molecule has 11 heteroatoms. The van der Waals surface area contributed by atoms with E-state index in [9.17, 15) is 9.59 Å². The van der Waals surface area contributed by atoms with Crippen molar-refractivity contribution >= 4 is 28.7 Å². The van der Waals surface area contributed by atoms with Crippen molar-refractivity contribution in [1.82, 2.24) is 30.1 Å². The highest BCUT2D eigenvalue weighted by Crippen LogP contribution is 2.39. The minimum Gasteiger partial charge on any atom is -0.477 e. The molecular formula is C10H11N7O3S. The number of carboxylic acid groups (broad SMARTS) is 1. The number of aromatic amines is 1. The lowest BCUT2D eigenvalue weighted by atomic mass is 9.76. The predicted octanol–water partition coefficient (Wildman–Crippen LogP) is 0.555. The van der Waals surface area contributed by atoms with E-state index in [1.54, 1.807) is 0 Å². The van der Waals surface area contributed by atoms with E-state index in [2.05, 4.69) is 35.4 Å². The molecule has 2 amide bonds. The summed E-state index contributed by atoms with van der Waals surface area (Å²) in [6.07, 6.45) is 3.53. The number of carboxylic acids is 1. The molecule has 0 unspecified atom stereocenters. The Hall–Kier alpha value is -2.56. The van der Waals surface area contributed by atoms with E-state index >= 15 is 0 Å². The average molecular weight is 309 g/mol. The second-order valence-corrected chi connectivity index (χ2v) is 5.37. The molecule has 2 heterocycles. The molecule has 0 spiro atoms. The number of hydrogen-bond donors (Lipinski definition) is 4. The summed E-state index contributed by atoms with van der Waals surface area (Å²) in [7, 11) is 0. The van der Waals surface area contributed by atoms with Crippen LogP contribution in [0.5, 0.6) is 0 Å². The van der Waals surface area contributed by atoms with Gasteiger partial charge in [-0.3, -0.25) is 5.32 Å². The molecule has 0 radical (unpaired) electrons. The predicted molar refractivity (Wildman–Crippen MR) is 70.9 cm³/mol. The molecule has 0 aromatic carbocycles. The van der Waals surface area contributed by atoms with E-state index in [4.69, 9.17) is 5.11 Å². The van der Waals surface area contributed by atoms with Gasteiger partial charge in [-0.1, -0.05) is 9.59 Å². The highest BCUT2D eigenvalue weighted by molar-refractivity contribution is 7.09. The van der Waals surface area contributed by atoms with Crippen molar-refractivity contribution in [3.63, 3.8) is 0 Å². The Morgan fingerprint density at radius 1 is 1.43 bits per heavy atom. The van der Waals surface area contributed by atoms with Gasteiger partial charge in [-0.25, -0.2) is 14.6 Å². The summed E-state index contributed by atoms with van der Waals surface area (Å²) in [4.78, 5) is 29.6.